The van der Waals surface area contributed by atoms with E-state index in [1.54, 1.807) is 24.3 Å². The number of nitrogens with zero attached hydrogens (tertiary/aromatic N) is 1. The monoisotopic (exact) mass is 542 g/mol. The molecule has 8 nitrogen and oxygen atoms in total. The van der Waals surface area contributed by atoms with E-state index in [1.165, 1.54) is 0 Å². The van der Waals surface area contributed by atoms with E-state index in [-0.39, 0.29) is 0 Å². The van der Waals surface area contributed by atoms with E-state index in [1.807, 2.05) is 48.5 Å². The van der Waals surface area contributed by atoms with Crippen LogP contribution in [0.4, 0.5) is 0 Å². The summed E-state index contributed by atoms with van der Waals surface area (Å²) in [7, 11) is 0. The molecular formula is C27H24Cl2N2O6. The second-order valence-electron chi connectivity index (χ2n) is 8.66. The normalized spacial score (nSPS) is 23.7. The minimum absolute atomic E-state index is 0.357. The highest BCUT2D eigenvalue weighted by Crippen LogP contribution is 2.35. The molecule has 0 saturated carbocycles. The van der Waals surface area contributed by atoms with Crippen LogP contribution in [0.1, 0.15) is 0 Å². The Morgan fingerprint density at radius 3 is 1.92 bits per heavy atom. The average Bonchev–Trinajstić information content (AvgIpc) is 3.35. The molecule has 5 rings (SSSR count). The molecule has 1 saturated heterocycles. The van der Waals surface area contributed by atoms with Crippen molar-refractivity contribution in [2.45, 2.75) is 30.7 Å². The van der Waals surface area contributed by atoms with Gasteiger partial charge in [-0.2, -0.15) is 0 Å². The number of ether oxygens (including phenoxy) is 2. The standard InChI is InChI=1S/C27H24Cl2N2O6/c28-17-7-1-14(2-8-17)21-22(15-3-9-18(29)10-4-15)31-26(30-21)16-5-11-19(12-6-16)36-27-25(35)24(34)23(33)20(13-32)37-27/h1-12,20,23-25,27,32-35H,13H2,(H,30,31)/t20-,23-,24+,25-,27-/m1/s1. The van der Waals surface area contributed by atoms with E-state index in [2.05, 4.69) is 4.98 Å². The van der Waals surface area contributed by atoms with E-state index in [9.17, 15) is 20.4 Å². The van der Waals surface area contributed by atoms with Crippen LogP contribution in [0.15, 0.2) is 72.8 Å². The molecule has 0 spiro atoms. The lowest BCUT2D eigenvalue weighted by Crippen LogP contribution is -2.60. The first-order valence-corrected chi connectivity index (χ1v) is 12.3. The minimum atomic E-state index is -1.52. The lowest BCUT2D eigenvalue weighted by Gasteiger charge is -2.39. The van der Waals surface area contributed by atoms with Crippen molar-refractivity contribution in [1.82, 2.24) is 9.97 Å². The zero-order chi connectivity index (χ0) is 26.1. The molecule has 1 aliphatic rings. The molecule has 37 heavy (non-hydrogen) atoms. The number of aliphatic hydroxyl groups excluding tert-OH is 4. The Bertz CT molecular complexity index is 1280. The molecule has 0 amide bonds. The smallest absolute Gasteiger partial charge is 0.229 e. The van der Waals surface area contributed by atoms with Gasteiger partial charge in [-0.1, -0.05) is 47.5 Å². The van der Waals surface area contributed by atoms with Gasteiger partial charge in [0.1, 0.15) is 36.0 Å². The largest absolute Gasteiger partial charge is 0.462 e. The van der Waals surface area contributed by atoms with Gasteiger partial charge in [0.25, 0.3) is 0 Å². The Kier molecular flexibility index (Phi) is 7.50. The summed E-state index contributed by atoms with van der Waals surface area (Å²) in [6.07, 6.45) is -6.78. The second-order valence-corrected chi connectivity index (χ2v) is 9.54. The van der Waals surface area contributed by atoms with Crippen molar-refractivity contribution in [1.29, 1.82) is 0 Å². The van der Waals surface area contributed by atoms with E-state index >= 15 is 0 Å². The van der Waals surface area contributed by atoms with E-state index in [4.69, 9.17) is 37.7 Å². The Morgan fingerprint density at radius 2 is 1.32 bits per heavy atom. The van der Waals surface area contributed by atoms with Crippen molar-refractivity contribution in [3.63, 3.8) is 0 Å². The third-order valence-electron chi connectivity index (χ3n) is 6.18. The van der Waals surface area contributed by atoms with Gasteiger partial charge in [-0.25, -0.2) is 4.98 Å². The Hall–Kier alpha value is -2.95. The molecule has 5 N–H and O–H groups in total. The maximum Gasteiger partial charge on any atom is 0.229 e. The lowest BCUT2D eigenvalue weighted by molar-refractivity contribution is -0.277. The van der Waals surface area contributed by atoms with Crippen molar-refractivity contribution >= 4 is 23.2 Å². The molecule has 2 heterocycles. The molecule has 1 aromatic heterocycles. The molecule has 10 heteroatoms. The molecule has 0 bridgehead atoms. The molecular weight excluding hydrogens is 519 g/mol. The Morgan fingerprint density at radius 1 is 0.757 bits per heavy atom. The first-order chi connectivity index (χ1) is 17.8. The van der Waals surface area contributed by atoms with Crippen LogP contribution >= 0.6 is 23.2 Å². The van der Waals surface area contributed by atoms with E-state index < -0.39 is 37.3 Å². The van der Waals surface area contributed by atoms with Crippen molar-refractivity contribution < 1.29 is 29.9 Å². The summed E-state index contributed by atoms with van der Waals surface area (Å²) < 4.78 is 11.1. The van der Waals surface area contributed by atoms with Gasteiger partial charge in [-0.05, 0) is 48.5 Å². The number of rotatable bonds is 6. The zero-order valence-electron chi connectivity index (χ0n) is 19.3. The number of halogens is 2. The quantitative estimate of drug-likeness (QED) is 0.250. The highest BCUT2D eigenvalue weighted by Gasteiger charge is 2.44. The molecule has 0 unspecified atom stereocenters. The van der Waals surface area contributed by atoms with Crippen molar-refractivity contribution in [3.8, 4) is 39.7 Å². The maximum atomic E-state index is 10.2. The fourth-order valence-electron chi connectivity index (χ4n) is 4.14. The number of aromatic amines is 1. The summed E-state index contributed by atoms with van der Waals surface area (Å²) in [5.74, 6) is 0.977. The fraction of sp³-hybridized carbons (Fsp3) is 0.222. The predicted octanol–water partition coefficient (Wildman–Crippen LogP) is 3.90. The van der Waals surface area contributed by atoms with Gasteiger partial charge < -0.3 is 34.9 Å². The topological polar surface area (TPSA) is 128 Å². The minimum Gasteiger partial charge on any atom is -0.462 e. The van der Waals surface area contributed by atoms with Crippen LogP contribution in [0.2, 0.25) is 10.0 Å². The van der Waals surface area contributed by atoms with Gasteiger partial charge in [-0.3, -0.25) is 0 Å². The highest BCUT2D eigenvalue weighted by atomic mass is 35.5. The van der Waals surface area contributed by atoms with Crippen LogP contribution in [0.5, 0.6) is 5.75 Å². The zero-order valence-corrected chi connectivity index (χ0v) is 20.8. The third-order valence-corrected chi connectivity index (χ3v) is 6.69. The predicted molar refractivity (Wildman–Crippen MR) is 139 cm³/mol. The Balaban J connectivity index is 1.43. The number of benzene rings is 3. The Labute approximate surface area is 222 Å². The van der Waals surface area contributed by atoms with Crippen LogP contribution in [0.3, 0.4) is 0 Å². The van der Waals surface area contributed by atoms with Crippen LogP contribution in [0, 0.1) is 0 Å². The van der Waals surface area contributed by atoms with Gasteiger partial charge in [0.05, 0.1) is 18.0 Å². The van der Waals surface area contributed by atoms with Crippen LogP contribution in [-0.2, 0) is 4.74 Å². The molecule has 0 radical (unpaired) electrons. The van der Waals surface area contributed by atoms with Gasteiger partial charge in [0.15, 0.2) is 0 Å². The summed E-state index contributed by atoms with van der Waals surface area (Å²) in [5.41, 5.74) is 4.14. The number of hydrogen-bond acceptors (Lipinski definition) is 7. The van der Waals surface area contributed by atoms with E-state index in [0.29, 0.717) is 21.6 Å². The lowest BCUT2D eigenvalue weighted by atomic mass is 9.99. The summed E-state index contributed by atoms with van der Waals surface area (Å²) in [4.78, 5) is 8.25. The molecule has 0 aliphatic carbocycles. The van der Waals surface area contributed by atoms with Gasteiger partial charge in [0.2, 0.25) is 6.29 Å². The van der Waals surface area contributed by atoms with Crippen LogP contribution in [0.25, 0.3) is 33.9 Å². The van der Waals surface area contributed by atoms with Crippen LogP contribution in [-0.4, -0.2) is 67.7 Å². The average molecular weight is 543 g/mol. The first kappa shape index (κ1) is 25.7. The molecule has 192 valence electrons. The number of aromatic nitrogens is 2. The molecule has 1 aliphatic heterocycles. The van der Waals surface area contributed by atoms with Crippen LogP contribution < -0.4 is 4.74 Å². The number of imidazole rings is 1. The first-order valence-electron chi connectivity index (χ1n) is 11.5. The number of nitrogens with one attached hydrogen (secondary N) is 1. The van der Waals surface area contributed by atoms with Gasteiger partial charge in [-0.15, -0.1) is 0 Å². The second kappa shape index (κ2) is 10.8. The van der Waals surface area contributed by atoms with Crippen molar-refractivity contribution in [2.24, 2.45) is 0 Å². The van der Waals surface area contributed by atoms with Gasteiger partial charge >= 0.3 is 0 Å². The van der Waals surface area contributed by atoms with Crippen molar-refractivity contribution in [2.75, 3.05) is 6.61 Å². The third kappa shape index (κ3) is 5.37. The molecule has 1 fully saturated rings. The molecule has 4 aromatic rings. The highest BCUT2D eigenvalue weighted by molar-refractivity contribution is 6.31. The summed E-state index contributed by atoms with van der Waals surface area (Å²) in [6, 6.07) is 21.8. The fourth-order valence-corrected chi connectivity index (χ4v) is 4.39. The number of hydrogen-bond donors (Lipinski definition) is 5. The van der Waals surface area contributed by atoms with E-state index in [0.717, 1.165) is 28.1 Å². The molecule has 3 aromatic carbocycles. The number of H-pyrrole nitrogens is 1. The number of aliphatic hydroxyl groups is 4. The maximum absolute atomic E-state index is 10.2. The summed E-state index contributed by atoms with van der Waals surface area (Å²) >= 11 is 12.2. The molecule has 5 atom stereocenters. The summed E-state index contributed by atoms with van der Waals surface area (Å²) in [5, 5.41) is 40.8. The van der Waals surface area contributed by atoms with Crippen molar-refractivity contribution in [3.05, 3.63) is 82.8 Å². The SMILES string of the molecule is OC[C@H]1O[C@@H](Oc2ccc(-c3nc(-c4ccc(Cl)cc4)c(-c4ccc(Cl)cc4)[nH]3)cc2)[C@H](O)[C@@H](O)[C@@H]1O. The van der Waals surface area contributed by atoms with Gasteiger partial charge in [0, 0.05) is 26.7 Å². The summed E-state index contributed by atoms with van der Waals surface area (Å²) in [6.45, 7) is -0.534.